The molecule has 0 aliphatic rings. The van der Waals surface area contributed by atoms with Crippen LogP contribution in [0.15, 0.2) is 6.07 Å². The van der Waals surface area contributed by atoms with Gasteiger partial charge in [0.05, 0.1) is 5.88 Å². The molecule has 90 valence electrons. The fraction of sp³-hybridized carbons (Fsp3) is 0.545. The number of carbonyl (C=O) groups is 1. The molecule has 0 amide bonds. The Balaban J connectivity index is 2.97. The number of halogens is 1. The standard InChI is InChI=1S/C11H16ClNO2S/c1-8-6-10(11(14)7-12)9(2)13(8)4-5-16(3)15/h6H,4-5,7H2,1-3H3. The average Bonchev–Trinajstić information content (AvgIpc) is 2.51. The summed E-state index contributed by atoms with van der Waals surface area (Å²) < 4.78 is 13.1. The van der Waals surface area contributed by atoms with Gasteiger partial charge in [-0.05, 0) is 19.9 Å². The van der Waals surface area contributed by atoms with Gasteiger partial charge in [0.25, 0.3) is 0 Å². The number of alkyl halides is 1. The molecule has 1 heterocycles. The second kappa shape index (κ2) is 5.64. The minimum absolute atomic E-state index is 0.00397. The Kier molecular flexibility index (Phi) is 4.74. The summed E-state index contributed by atoms with van der Waals surface area (Å²) in [5, 5.41) is 0. The van der Waals surface area contributed by atoms with Gasteiger partial charge in [0, 0.05) is 46.3 Å². The summed E-state index contributed by atoms with van der Waals surface area (Å²) in [6, 6.07) is 1.85. The van der Waals surface area contributed by atoms with Crippen LogP contribution in [0.1, 0.15) is 21.7 Å². The largest absolute Gasteiger partial charge is 0.348 e. The molecule has 1 unspecified atom stereocenters. The lowest BCUT2D eigenvalue weighted by molar-refractivity contribution is 0.102. The molecule has 0 aromatic carbocycles. The molecule has 0 radical (unpaired) electrons. The minimum Gasteiger partial charge on any atom is -0.348 e. The third-order valence-corrected chi connectivity index (χ3v) is 3.60. The van der Waals surface area contributed by atoms with Crippen molar-refractivity contribution >= 4 is 28.2 Å². The van der Waals surface area contributed by atoms with Gasteiger partial charge in [0.1, 0.15) is 0 Å². The van der Waals surface area contributed by atoms with E-state index < -0.39 is 10.8 Å². The molecule has 1 aromatic rings. The van der Waals surface area contributed by atoms with Crippen molar-refractivity contribution in [3.63, 3.8) is 0 Å². The second-order valence-electron chi connectivity index (χ2n) is 3.77. The number of aryl methyl sites for hydroxylation is 1. The van der Waals surface area contributed by atoms with E-state index in [1.165, 1.54) is 0 Å². The van der Waals surface area contributed by atoms with E-state index in [4.69, 9.17) is 11.6 Å². The van der Waals surface area contributed by atoms with Gasteiger partial charge >= 0.3 is 0 Å². The Morgan fingerprint density at radius 3 is 2.62 bits per heavy atom. The molecular weight excluding hydrogens is 246 g/mol. The lowest BCUT2D eigenvalue weighted by Gasteiger charge is -2.08. The number of rotatable bonds is 5. The molecule has 0 aliphatic heterocycles. The molecule has 0 fully saturated rings. The summed E-state index contributed by atoms with van der Waals surface area (Å²) in [7, 11) is -0.818. The summed E-state index contributed by atoms with van der Waals surface area (Å²) in [4.78, 5) is 11.5. The SMILES string of the molecule is Cc1cc(C(=O)CCl)c(C)n1CCS(C)=O. The van der Waals surface area contributed by atoms with E-state index in [0.717, 1.165) is 11.4 Å². The van der Waals surface area contributed by atoms with Crippen LogP contribution in [-0.2, 0) is 17.3 Å². The molecule has 5 heteroatoms. The number of ketones is 1. The van der Waals surface area contributed by atoms with Gasteiger partial charge in [-0.3, -0.25) is 9.00 Å². The summed E-state index contributed by atoms with van der Waals surface area (Å²) in [5.74, 6) is 0.549. The number of hydrogen-bond donors (Lipinski definition) is 0. The first-order valence-electron chi connectivity index (χ1n) is 5.03. The van der Waals surface area contributed by atoms with Crippen LogP contribution >= 0.6 is 11.6 Å². The predicted molar refractivity (Wildman–Crippen MR) is 67.9 cm³/mol. The highest BCUT2D eigenvalue weighted by Gasteiger charge is 2.14. The van der Waals surface area contributed by atoms with Crippen LogP contribution < -0.4 is 0 Å². The van der Waals surface area contributed by atoms with Crippen LogP contribution in [-0.4, -0.2) is 32.4 Å². The maximum Gasteiger partial charge on any atom is 0.179 e. The van der Waals surface area contributed by atoms with Gasteiger partial charge in [-0.25, -0.2) is 0 Å². The van der Waals surface area contributed by atoms with Crippen molar-refractivity contribution in [2.75, 3.05) is 17.9 Å². The molecule has 0 aliphatic carbocycles. The molecule has 1 rings (SSSR count). The number of Topliss-reactive ketones (excluding diaryl/α,β-unsaturated/α-hetero) is 1. The van der Waals surface area contributed by atoms with Crippen LogP contribution in [0.25, 0.3) is 0 Å². The summed E-state index contributed by atoms with van der Waals surface area (Å²) >= 11 is 5.54. The zero-order valence-electron chi connectivity index (χ0n) is 9.75. The normalized spacial score (nSPS) is 12.8. The van der Waals surface area contributed by atoms with Crippen LogP contribution in [0.5, 0.6) is 0 Å². The molecule has 0 saturated carbocycles. The van der Waals surface area contributed by atoms with Crippen LogP contribution in [0, 0.1) is 13.8 Å². The van der Waals surface area contributed by atoms with Crippen LogP contribution in [0.3, 0.4) is 0 Å². The number of nitrogens with zero attached hydrogens (tertiary/aromatic N) is 1. The highest BCUT2D eigenvalue weighted by molar-refractivity contribution is 7.84. The quantitative estimate of drug-likeness (QED) is 0.600. The fourth-order valence-corrected chi connectivity index (χ4v) is 2.30. The summed E-state index contributed by atoms with van der Waals surface area (Å²) in [6.45, 7) is 4.51. The highest BCUT2D eigenvalue weighted by atomic mass is 35.5. The first-order valence-corrected chi connectivity index (χ1v) is 7.29. The Labute approximate surface area is 103 Å². The van der Waals surface area contributed by atoms with Crippen LogP contribution in [0.4, 0.5) is 0 Å². The average molecular weight is 262 g/mol. The Bertz CT molecular complexity index is 426. The first kappa shape index (κ1) is 13.5. The lowest BCUT2D eigenvalue weighted by Crippen LogP contribution is -2.10. The Morgan fingerprint density at radius 1 is 1.50 bits per heavy atom. The molecular formula is C11H16ClNO2S. The van der Waals surface area contributed by atoms with Crippen LogP contribution in [0.2, 0.25) is 0 Å². The van der Waals surface area contributed by atoms with Crippen molar-refractivity contribution in [3.8, 4) is 0 Å². The molecule has 0 spiro atoms. The molecule has 1 aromatic heterocycles. The number of aromatic nitrogens is 1. The summed E-state index contributed by atoms with van der Waals surface area (Å²) in [5.41, 5.74) is 2.60. The molecule has 1 atom stereocenters. The maximum atomic E-state index is 11.5. The molecule has 16 heavy (non-hydrogen) atoms. The van der Waals surface area contributed by atoms with E-state index in [1.54, 1.807) is 6.26 Å². The van der Waals surface area contributed by atoms with E-state index in [-0.39, 0.29) is 11.7 Å². The van der Waals surface area contributed by atoms with E-state index >= 15 is 0 Å². The van der Waals surface area contributed by atoms with E-state index in [1.807, 2.05) is 24.5 Å². The zero-order valence-corrected chi connectivity index (χ0v) is 11.3. The fourth-order valence-electron chi connectivity index (χ4n) is 1.72. The minimum atomic E-state index is -0.818. The third kappa shape index (κ3) is 2.95. The van der Waals surface area contributed by atoms with Crippen molar-refractivity contribution in [1.82, 2.24) is 4.57 Å². The predicted octanol–water partition coefficient (Wildman–Crippen LogP) is 1.90. The van der Waals surface area contributed by atoms with E-state index in [9.17, 15) is 9.00 Å². The van der Waals surface area contributed by atoms with Gasteiger partial charge in [0.2, 0.25) is 0 Å². The maximum absolute atomic E-state index is 11.5. The molecule has 3 nitrogen and oxygen atoms in total. The molecule has 0 bridgehead atoms. The topological polar surface area (TPSA) is 39.1 Å². The van der Waals surface area contributed by atoms with Crippen molar-refractivity contribution in [2.24, 2.45) is 0 Å². The molecule has 0 N–H and O–H groups in total. The second-order valence-corrected chi connectivity index (χ2v) is 5.59. The lowest BCUT2D eigenvalue weighted by atomic mass is 10.2. The van der Waals surface area contributed by atoms with Crippen molar-refractivity contribution < 1.29 is 9.00 Å². The van der Waals surface area contributed by atoms with Gasteiger partial charge < -0.3 is 4.57 Å². The van der Waals surface area contributed by atoms with Gasteiger partial charge in [-0.1, -0.05) is 0 Å². The Hall–Kier alpha value is -0.610. The highest BCUT2D eigenvalue weighted by Crippen LogP contribution is 2.16. The zero-order chi connectivity index (χ0) is 12.3. The number of carbonyl (C=O) groups excluding carboxylic acids is 1. The van der Waals surface area contributed by atoms with Crippen molar-refractivity contribution in [3.05, 3.63) is 23.0 Å². The third-order valence-electron chi connectivity index (χ3n) is 2.60. The van der Waals surface area contributed by atoms with Gasteiger partial charge in [-0.15, -0.1) is 11.6 Å². The van der Waals surface area contributed by atoms with E-state index in [2.05, 4.69) is 0 Å². The van der Waals surface area contributed by atoms with Crippen molar-refractivity contribution in [2.45, 2.75) is 20.4 Å². The summed E-state index contributed by atoms with van der Waals surface area (Å²) in [6.07, 6.45) is 1.68. The monoisotopic (exact) mass is 261 g/mol. The Morgan fingerprint density at radius 2 is 2.12 bits per heavy atom. The number of hydrogen-bond acceptors (Lipinski definition) is 2. The van der Waals surface area contributed by atoms with Gasteiger partial charge in [-0.2, -0.15) is 0 Å². The smallest absolute Gasteiger partial charge is 0.179 e. The van der Waals surface area contributed by atoms with Gasteiger partial charge in [0.15, 0.2) is 5.78 Å². The van der Waals surface area contributed by atoms with Crippen molar-refractivity contribution in [1.29, 1.82) is 0 Å². The first-order chi connectivity index (χ1) is 7.47. The molecule has 0 saturated heterocycles. The van der Waals surface area contributed by atoms with E-state index in [0.29, 0.717) is 17.9 Å².